The van der Waals surface area contributed by atoms with Gasteiger partial charge in [0.2, 0.25) is 11.8 Å². The van der Waals surface area contributed by atoms with Crippen LogP contribution >= 0.6 is 23.2 Å². The van der Waals surface area contributed by atoms with Crippen LogP contribution in [-0.2, 0) is 26.2 Å². The van der Waals surface area contributed by atoms with E-state index in [-0.39, 0.29) is 22.2 Å². The highest BCUT2D eigenvalue weighted by Gasteiger charge is 2.33. The first kappa shape index (κ1) is 31.4. The summed E-state index contributed by atoms with van der Waals surface area (Å²) >= 11 is 12.3. The fourth-order valence-corrected chi connectivity index (χ4v) is 5.60. The molecule has 214 valence electrons. The van der Waals surface area contributed by atoms with E-state index in [2.05, 4.69) is 5.32 Å². The predicted octanol–water partition coefficient (Wildman–Crippen LogP) is 5.97. The maximum atomic E-state index is 13.9. The lowest BCUT2D eigenvalue weighted by Crippen LogP contribution is -2.54. The van der Waals surface area contributed by atoms with Gasteiger partial charge in [0.25, 0.3) is 10.0 Å². The van der Waals surface area contributed by atoms with Gasteiger partial charge >= 0.3 is 0 Å². The van der Waals surface area contributed by atoms with Gasteiger partial charge in [-0.05, 0) is 88.7 Å². The Labute approximate surface area is 244 Å². The van der Waals surface area contributed by atoms with Crippen LogP contribution in [0.15, 0.2) is 71.6 Å². The molecule has 0 radical (unpaired) electrons. The molecule has 0 fully saturated rings. The number of nitrogens with zero attached hydrogens (tertiary/aromatic N) is 2. The first-order chi connectivity index (χ1) is 18.6. The number of sulfonamides is 1. The summed E-state index contributed by atoms with van der Waals surface area (Å²) in [7, 11) is -4.29. The molecule has 0 spiro atoms. The number of carbonyl (C=O) groups excluding carboxylic acids is 2. The second kappa shape index (κ2) is 12.6. The number of anilines is 1. The van der Waals surface area contributed by atoms with E-state index in [1.165, 1.54) is 4.90 Å². The van der Waals surface area contributed by atoms with Crippen molar-refractivity contribution in [3.8, 4) is 0 Å². The zero-order chi connectivity index (χ0) is 29.8. The summed E-state index contributed by atoms with van der Waals surface area (Å²) in [6, 6.07) is 14.9. The molecule has 0 bridgehead atoms. The molecular weight excluding hydrogens is 576 g/mol. The Hall–Kier alpha value is -3.14. The van der Waals surface area contributed by atoms with Gasteiger partial charge < -0.3 is 10.2 Å². The quantitative estimate of drug-likeness (QED) is 0.325. The van der Waals surface area contributed by atoms with Gasteiger partial charge in [-0.15, -0.1) is 0 Å². The molecule has 0 aliphatic heterocycles. The Kier molecular flexibility index (Phi) is 9.87. The van der Waals surface area contributed by atoms with Gasteiger partial charge in [0, 0.05) is 12.1 Å². The van der Waals surface area contributed by atoms with Gasteiger partial charge in [0.1, 0.15) is 18.4 Å². The molecule has 1 N–H and O–H groups in total. The van der Waals surface area contributed by atoms with Crippen molar-refractivity contribution in [2.45, 2.75) is 57.6 Å². The highest BCUT2D eigenvalue weighted by atomic mass is 35.5. The normalized spacial score (nSPS) is 12.5. The standard InChI is InChI=1S/C29H32Cl2FN3O4S/c1-19-6-11-23(12-7-19)35(40(38,39)24-13-9-22(32)10-14-24)18-27(36)34(20(2)28(37)33-29(3,4)5)17-21-8-15-25(30)26(31)16-21/h6-16,20H,17-18H2,1-5H3,(H,33,37). The van der Waals surface area contributed by atoms with Crippen molar-refractivity contribution in [2.24, 2.45) is 0 Å². The molecule has 1 atom stereocenters. The number of halogens is 3. The average Bonchev–Trinajstić information content (AvgIpc) is 2.87. The Morgan fingerprint density at radius 1 is 0.950 bits per heavy atom. The fraction of sp³-hybridized carbons (Fsp3) is 0.310. The van der Waals surface area contributed by atoms with E-state index in [1.807, 2.05) is 27.7 Å². The third kappa shape index (κ3) is 7.96. The van der Waals surface area contributed by atoms with Crippen molar-refractivity contribution < 1.29 is 22.4 Å². The van der Waals surface area contributed by atoms with Gasteiger partial charge in [0.15, 0.2) is 0 Å². The number of rotatable bonds is 9. The molecule has 1 unspecified atom stereocenters. The third-order valence-electron chi connectivity index (χ3n) is 6.00. The predicted molar refractivity (Wildman–Crippen MR) is 156 cm³/mol. The van der Waals surface area contributed by atoms with Crippen LogP contribution in [0, 0.1) is 12.7 Å². The smallest absolute Gasteiger partial charge is 0.264 e. The van der Waals surface area contributed by atoms with Crippen LogP contribution in [0.5, 0.6) is 0 Å². The molecule has 0 saturated heterocycles. The Bertz CT molecular complexity index is 1470. The monoisotopic (exact) mass is 607 g/mol. The number of benzene rings is 3. The van der Waals surface area contributed by atoms with E-state index >= 15 is 0 Å². The van der Waals surface area contributed by atoms with E-state index in [4.69, 9.17) is 23.2 Å². The first-order valence-corrected chi connectivity index (χ1v) is 14.7. The topological polar surface area (TPSA) is 86.8 Å². The lowest BCUT2D eigenvalue weighted by molar-refractivity contribution is -0.140. The number of hydrogen-bond acceptors (Lipinski definition) is 4. The van der Waals surface area contributed by atoms with Crippen LogP contribution in [0.3, 0.4) is 0 Å². The molecule has 0 heterocycles. The molecule has 3 aromatic rings. The van der Waals surface area contributed by atoms with Crippen LogP contribution in [0.25, 0.3) is 0 Å². The molecule has 40 heavy (non-hydrogen) atoms. The fourth-order valence-electron chi connectivity index (χ4n) is 3.86. The maximum absolute atomic E-state index is 13.9. The minimum absolute atomic E-state index is 0.0349. The molecule has 0 aliphatic carbocycles. The maximum Gasteiger partial charge on any atom is 0.264 e. The lowest BCUT2D eigenvalue weighted by Gasteiger charge is -2.33. The minimum Gasteiger partial charge on any atom is -0.350 e. The summed E-state index contributed by atoms with van der Waals surface area (Å²) in [5.41, 5.74) is 1.16. The van der Waals surface area contributed by atoms with Gasteiger partial charge in [-0.2, -0.15) is 0 Å². The molecule has 7 nitrogen and oxygen atoms in total. The molecule has 3 rings (SSSR count). The SMILES string of the molecule is Cc1ccc(N(CC(=O)N(Cc2ccc(Cl)c(Cl)c2)C(C)C(=O)NC(C)(C)C)S(=O)(=O)c2ccc(F)cc2)cc1. The summed E-state index contributed by atoms with van der Waals surface area (Å²) in [6.45, 7) is 8.22. The highest BCUT2D eigenvalue weighted by Crippen LogP contribution is 2.27. The summed E-state index contributed by atoms with van der Waals surface area (Å²) in [4.78, 5) is 28.2. The number of aryl methyl sites for hydroxylation is 1. The molecule has 11 heteroatoms. The highest BCUT2D eigenvalue weighted by molar-refractivity contribution is 7.92. The van der Waals surface area contributed by atoms with Crippen molar-refractivity contribution in [3.63, 3.8) is 0 Å². The molecule has 3 aromatic carbocycles. The zero-order valence-corrected chi connectivity index (χ0v) is 25.2. The summed E-state index contributed by atoms with van der Waals surface area (Å²) in [5.74, 6) is -1.64. The van der Waals surface area contributed by atoms with Crippen molar-refractivity contribution in [1.82, 2.24) is 10.2 Å². The molecule has 0 aromatic heterocycles. The van der Waals surface area contributed by atoms with Crippen LogP contribution in [0.1, 0.15) is 38.8 Å². The Morgan fingerprint density at radius 3 is 2.10 bits per heavy atom. The Morgan fingerprint density at radius 2 is 1.55 bits per heavy atom. The average molecular weight is 609 g/mol. The van der Waals surface area contributed by atoms with E-state index < -0.39 is 45.8 Å². The van der Waals surface area contributed by atoms with Gasteiger partial charge in [-0.25, -0.2) is 12.8 Å². The van der Waals surface area contributed by atoms with Crippen LogP contribution in [0.4, 0.5) is 10.1 Å². The minimum atomic E-state index is -4.29. The van der Waals surface area contributed by atoms with E-state index in [1.54, 1.807) is 49.4 Å². The van der Waals surface area contributed by atoms with Crippen LogP contribution in [0.2, 0.25) is 10.0 Å². The molecule has 2 amide bonds. The lowest BCUT2D eigenvalue weighted by atomic mass is 10.1. The molecular formula is C29H32Cl2FN3O4S. The number of hydrogen-bond donors (Lipinski definition) is 1. The van der Waals surface area contributed by atoms with Crippen molar-refractivity contribution >= 4 is 50.7 Å². The van der Waals surface area contributed by atoms with Crippen LogP contribution in [-0.4, -0.2) is 43.3 Å². The summed E-state index contributed by atoms with van der Waals surface area (Å²) < 4.78 is 42.0. The van der Waals surface area contributed by atoms with Crippen LogP contribution < -0.4 is 9.62 Å². The van der Waals surface area contributed by atoms with Crippen molar-refractivity contribution in [2.75, 3.05) is 10.8 Å². The number of carbonyl (C=O) groups is 2. The number of nitrogens with one attached hydrogen (secondary N) is 1. The summed E-state index contributed by atoms with van der Waals surface area (Å²) in [5, 5.41) is 3.47. The summed E-state index contributed by atoms with van der Waals surface area (Å²) in [6.07, 6.45) is 0. The van der Waals surface area contributed by atoms with Crippen molar-refractivity contribution in [3.05, 3.63) is 93.7 Å². The van der Waals surface area contributed by atoms with E-state index in [0.29, 0.717) is 10.6 Å². The van der Waals surface area contributed by atoms with Crippen molar-refractivity contribution in [1.29, 1.82) is 0 Å². The third-order valence-corrected chi connectivity index (χ3v) is 8.53. The van der Waals surface area contributed by atoms with Gasteiger partial charge in [0.05, 0.1) is 20.6 Å². The van der Waals surface area contributed by atoms with Gasteiger partial charge in [-0.3, -0.25) is 13.9 Å². The van der Waals surface area contributed by atoms with Gasteiger partial charge in [-0.1, -0.05) is 47.0 Å². The Balaban J connectivity index is 2.04. The first-order valence-electron chi connectivity index (χ1n) is 12.5. The molecule has 0 aliphatic rings. The second-order valence-corrected chi connectivity index (χ2v) is 13.2. The zero-order valence-electron chi connectivity index (χ0n) is 22.9. The van der Waals surface area contributed by atoms with E-state index in [9.17, 15) is 22.4 Å². The van der Waals surface area contributed by atoms with E-state index in [0.717, 1.165) is 34.1 Å². The number of amides is 2. The second-order valence-electron chi connectivity index (χ2n) is 10.5. The molecule has 0 saturated carbocycles. The largest absolute Gasteiger partial charge is 0.350 e.